The molecule has 0 atom stereocenters. The largest absolute Gasteiger partial charge is 0.311 e. The zero-order valence-electron chi connectivity index (χ0n) is 19.4. The molecular formula is C26H25N7O. The highest BCUT2D eigenvalue weighted by atomic mass is 16.1. The van der Waals surface area contributed by atoms with Gasteiger partial charge in [0.15, 0.2) is 5.82 Å². The molecule has 0 spiro atoms. The van der Waals surface area contributed by atoms with Crippen molar-refractivity contribution in [1.29, 1.82) is 0 Å². The third-order valence-electron chi connectivity index (χ3n) is 6.46. The van der Waals surface area contributed by atoms with Crippen molar-refractivity contribution >= 4 is 10.8 Å². The maximum Gasteiger partial charge on any atom is 0.279 e. The van der Waals surface area contributed by atoms with E-state index in [2.05, 4.69) is 40.3 Å². The molecule has 5 aromatic rings. The quantitative estimate of drug-likeness (QED) is 0.390. The van der Waals surface area contributed by atoms with Crippen LogP contribution in [0.15, 0.2) is 66.2 Å². The van der Waals surface area contributed by atoms with Gasteiger partial charge >= 0.3 is 0 Å². The summed E-state index contributed by atoms with van der Waals surface area (Å²) in [7, 11) is 0. The highest BCUT2D eigenvalue weighted by Gasteiger charge is 2.26. The van der Waals surface area contributed by atoms with E-state index < -0.39 is 0 Å². The minimum absolute atomic E-state index is 0.163. The van der Waals surface area contributed by atoms with Crippen LogP contribution >= 0.6 is 0 Å². The molecule has 6 rings (SSSR count). The first-order valence-electron chi connectivity index (χ1n) is 11.6. The van der Waals surface area contributed by atoms with E-state index in [0.29, 0.717) is 17.0 Å². The molecule has 0 amide bonds. The van der Waals surface area contributed by atoms with E-state index in [1.54, 1.807) is 12.5 Å². The van der Waals surface area contributed by atoms with Gasteiger partial charge in [0.25, 0.3) is 5.56 Å². The Morgan fingerprint density at radius 2 is 1.94 bits per heavy atom. The fourth-order valence-electron chi connectivity index (χ4n) is 4.42. The normalized spacial score (nSPS) is 13.8. The topological polar surface area (TPSA) is 83.4 Å². The van der Waals surface area contributed by atoms with Gasteiger partial charge in [-0.25, -0.2) is 4.98 Å². The summed E-state index contributed by atoms with van der Waals surface area (Å²) in [5.41, 5.74) is 4.56. The summed E-state index contributed by atoms with van der Waals surface area (Å²) >= 11 is 0. The fraction of sp³-hybridized carbons (Fsp3) is 0.269. The van der Waals surface area contributed by atoms with Crippen LogP contribution in [0.2, 0.25) is 0 Å². The molecule has 1 aliphatic carbocycles. The van der Waals surface area contributed by atoms with Crippen molar-refractivity contribution < 1.29 is 0 Å². The van der Waals surface area contributed by atoms with Crippen LogP contribution in [0.5, 0.6) is 0 Å². The van der Waals surface area contributed by atoms with E-state index >= 15 is 0 Å². The lowest BCUT2D eigenvalue weighted by molar-refractivity contribution is 0.604. The zero-order valence-corrected chi connectivity index (χ0v) is 19.4. The van der Waals surface area contributed by atoms with Crippen molar-refractivity contribution in [2.75, 3.05) is 0 Å². The summed E-state index contributed by atoms with van der Waals surface area (Å²) in [6.07, 6.45) is 9.81. The minimum atomic E-state index is -0.163. The Labute approximate surface area is 196 Å². The summed E-state index contributed by atoms with van der Waals surface area (Å²) in [5, 5.41) is 14.3. The molecule has 0 N–H and O–H groups in total. The number of aryl methyl sites for hydroxylation is 1. The lowest BCUT2D eigenvalue weighted by Crippen LogP contribution is -2.21. The third-order valence-corrected chi connectivity index (χ3v) is 6.46. The number of benzene rings is 2. The zero-order chi connectivity index (χ0) is 23.4. The lowest BCUT2D eigenvalue weighted by atomic mass is 10.1. The predicted molar refractivity (Wildman–Crippen MR) is 131 cm³/mol. The predicted octanol–water partition coefficient (Wildman–Crippen LogP) is 4.60. The summed E-state index contributed by atoms with van der Waals surface area (Å²) in [5.74, 6) is 1.34. The molecule has 0 unspecified atom stereocenters. The molecule has 8 heteroatoms. The average molecular weight is 452 g/mol. The van der Waals surface area contributed by atoms with Gasteiger partial charge in [0.1, 0.15) is 6.33 Å². The minimum Gasteiger partial charge on any atom is -0.311 e. The second-order valence-electron chi connectivity index (χ2n) is 9.27. The van der Waals surface area contributed by atoms with Crippen LogP contribution in [0.25, 0.3) is 33.5 Å². The van der Waals surface area contributed by atoms with Crippen LogP contribution in [0, 0.1) is 6.92 Å². The second kappa shape index (κ2) is 7.76. The summed E-state index contributed by atoms with van der Waals surface area (Å²) in [6.45, 7) is 6.21. The lowest BCUT2D eigenvalue weighted by Gasteiger charge is -2.12. The van der Waals surface area contributed by atoms with Gasteiger partial charge in [0, 0.05) is 29.1 Å². The van der Waals surface area contributed by atoms with Gasteiger partial charge in [-0.3, -0.25) is 4.79 Å². The average Bonchev–Trinajstić information content (AvgIpc) is 3.35. The molecule has 2 aromatic carbocycles. The number of hydrogen-bond donors (Lipinski definition) is 0. The summed E-state index contributed by atoms with van der Waals surface area (Å²) in [4.78, 5) is 18.1. The van der Waals surface area contributed by atoms with Gasteiger partial charge in [0.2, 0.25) is 0 Å². The standard InChI is InChI=1S/C26H25N7O/c1-16(2)32-15-28-30-25(32)19-5-4-6-21(10-19)33-26(34)22-11-24(17(3)9-20(22)12-29-33)31-13-23(27-14-31)18-7-8-18/h4-6,9-16,18H,7-8H2,1-3H3. The van der Waals surface area contributed by atoms with Crippen LogP contribution in [0.4, 0.5) is 0 Å². The molecule has 0 saturated heterocycles. The Bertz CT molecular complexity index is 1590. The Morgan fingerprint density at radius 1 is 1.09 bits per heavy atom. The first-order chi connectivity index (χ1) is 16.5. The van der Waals surface area contributed by atoms with Crippen LogP contribution in [-0.2, 0) is 0 Å². The summed E-state index contributed by atoms with van der Waals surface area (Å²) in [6, 6.07) is 11.9. The Kier molecular flexibility index (Phi) is 4.69. The first-order valence-corrected chi connectivity index (χ1v) is 11.6. The maximum absolute atomic E-state index is 13.6. The number of rotatable bonds is 5. The second-order valence-corrected chi connectivity index (χ2v) is 9.27. The molecule has 8 nitrogen and oxygen atoms in total. The SMILES string of the molecule is Cc1cc2cnn(-c3cccc(-c4nncn4C(C)C)c3)c(=O)c2cc1-n1cnc(C2CC2)c1. The molecule has 170 valence electrons. The van der Waals surface area contributed by atoms with Crippen LogP contribution in [0.1, 0.15) is 49.9 Å². The number of fused-ring (bicyclic) bond motifs is 1. The van der Waals surface area contributed by atoms with E-state index in [9.17, 15) is 4.79 Å². The number of aromatic nitrogens is 7. The van der Waals surface area contributed by atoms with Crippen molar-refractivity contribution in [2.24, 2.45) is 0 Å². The van der Waals surface area contributed by atoms with E-state index in [4.69, 9.17) is 0 Å². The van der Waals surface area contributed by atoms with Gasteiger partial charge in [-0.2, -0.15) is 9.78 Å². The van der Waals surface area contributed by atoms with Crippen molar-refractivity contribution in [1.82, 2.24) is 34.1 Å². The van der Waals surface area contributed by atoms with Gasteiger partial charge in [-0.05, 0) is 63.4 Å². The van der Waals surface area contributed by atoms with Gasteiger partial charge in [-0.1, -0.05) is 12.1 Å². The molecule has 3 heterocycles. The van der Waals surface area contributed by atoms with Crippen molar-refractivity contribution in [3.05, 3.63) is 83.1 Å². The van der Waals surface area contributed by atoms with E-state index in [1.165, 1.54) is 17.5 Å². The van der Waals surface area contributed by atoms with Gasteiger partial charge in [0.05, 0.1) is 35.0 Å². The number of imidazole rings is 1. The highest BCUT2D eigenvalue weighted by Crippen LogP contribution is 2.39. The third kappa shape index (κ3) is 3.42. The maximum atomic E-state index is 13.6. The molecule has 34 heavy (non-hydrogen) atoms. The van der Waals surface area contributed by atoms with Gasteiger partial charge < -0.3 is 9.13 Å². The Morgan fingerprint density at radius 3 is 2.74 bits per heavy atom. The van der Waals surface area contributed by atoms with Crippen LogP contribution in [-0.4, -0.2) is 34.1 Å². The number of hydrogen-bond acceptors (Lipinski definition) is 5. The van der Waals surface area contributed by atoms with Crippen molar-refractivity contribution in [3.8, 4) is 22.8 Å². The van der Waals surface area contributed by atoms with Crippen molar-refractivity contribution in [3.63, 3.8) is 0 Å². The fourth-order valence-corrected chi connectivity index (χ4v) is 4.42. The van der Waals surface area contributed by atoms with E-state index in [0.717, 1.165) is 33.7 Å². The first kappa shape index (κ1) is 20.5. The molecule has 0 aliphatic heterocycles. The monoisotopic (exact) mass is 451 g/mol. The van der Waals surface area contributed by atoms with Gasteiger partial charge in [-0.15, -0.1) is 10.2 Å². The Balaban J connectivity index is 1.45. The summed E-state index contributed by atoms with van der Waals surface area (Å²) < 4.78 is 5.47. The molecule has 1 fully saturated rings. The molecular weight excluding hydrogens is 426 g/mol. The van der Waals surface area contributed by atoms with Crippen LogP contribution in [0.3, 0.4) is 0 Å². The molecule has 0 bridgehead atoms. The van der Waals surface area contributed by atoms with Crippen LogP contribution < -0.4 is 5.56 Å². The Hall–Kier alpha value is -4.07. The smallest absolute Gasteiger partial charge is 0.279 e. The van der Waals surface area contributed by atoms with E-state index in [1.807, 2.05) is 58.8 Å². The highest BCUT2D eigenvalue weighted by molar-refractivity contribution is 5.84. The molecule has 1 saturated carbocycles. The molecule has 1 aliphatic rings. The van der Waals surface area contributed by atoms with Crippen molar-refractivity contribution in [2.45, 2.75) is 45.6 Å². The number of nitrogens with zero attached hydrogens (tertiary/aromatic N) is 7. The molecule has 0 radical (unpaired) electrons. The van der Waals surface area contributed by atoms with E-state index in [-0.39, 0.29) is 11.6 Å². The molecule has 3 aromatic heterocycles.